The average Bonchev–Trinajstić information content (AvgIpc) is 2.65. The zero-order valence-electron chi connectivity index (χ0n) is 15.7. The lowest BCUT2D eigenvalue weighted by molar-refractivity contribution is -0.384. The third kappa shape index (κ3) is 11.8. The van der Waals surface area contributed by atoms with E-state index in [0.717, 1.165) is 13.0 Å². The van der Waals surface area contributed by atoms with Crippen molar-refractivity contribution in [3.63, 3.8) is 0 Å². The first kappa shape index (κ1) is 22.3. The number of ether oxygens (including phenoxy) is 4. The Kier molecular flexibility index (Phi) is 13.4. The maximum absolute atomic E-state index is 10.5. The summed E-state index contributed by atoms with van der Waals surface area (Å²) in [6.07, 6.45) is 6.23. The smallest absolute Gasteiger partial charge is 0.269 e. The molecule has 0 bridgehead atoms. The minimum absolute atomic E-state index is 0.0474. The molecule has 148 valence electrons. The van der Waals surface area contributed by atoms with Gasteiger partial charge in [-0.05, 0) is 18.6 Å². The summed E-state index contributed by atoms with van der Waals surface area (Å²) in [5.74, 6) is 0.585. The van der Waals surface area contributed by atoms with Gasteiger partial charge in [-0.15, -0.1) is 0 Å². The van der Waals surface area contributed by atoms with Crippen LogP contribution < -0.4 is 4.74 Å². The Hall–Kier alpha value is -1.70. The number of hydrogen-bond donors (Lipinski definition) is 0. The Bertz CT molecular complexity index is 466. The predicted molar refractivity (Wildman–Crippen MR) is 99.8 cm³/mol. The number of nitro groups is 1. The van der Waals surface area contributed by atoms with Gasteiger partial charge in [-0.2, -0.15) is 0 Å². The van der Waals surface area contributed by atoms with Crippen LogP contribution in [0.4, 0.5) is 5.69 Å². The zero-order valence-corrected chi connectivity index (χ0v) is 15.7. The van der Waals surface area contributed by atoms with Crippen LogP contribution in [0.2, 0.25) is 0 Å². The first-order chi connectivity index (χ1) is 12.7. The van der Waals surface area contributed by atoms with Crippen molar-refractivity contribution < 1.29 is 23.9 Å². The van der Waals surface area contributed by atoms with E-state index in [4.69, 9.17) is 18.9 Å². The minimum atomic E-state index is -0.439. The minimum Gasteiger partial charge on any atom is -0.491 e. The van der Waals surface area contributed by atoms with E-state index < -0.39 is 4.92 Å². The van der Waals surface area contributed by atoms with Crippen LogP contribution in [-0.2, 0) is 14.2 Å². The van der Waals surface area contributed by atoms with Gasteiger partial charge in [0.2, 0.25) is 0 Å². The molecule has 1 aromatic rings. The largest absolute Gasteiger partial charge is 0.491 e. The van der Waals surface area contributed by atoms with E-state index in [1.807, 2.05) is 0 Å². The fraction of sp³-hybridized carbons (Fsp3) is 0.684. The first-order valence-electron chi connectivity index (χ1n) is 9.34. The maximum Gasteiger partial charge on any atom is 0.269 e. The van der Waals surface area contributed by atoms with Crippen molar-refractivity contribution in [2.24, 2.45) is 0 Å². The number of hydrogen-bond acceptors (Lipinski definition) is 6. The number of rotatable bonds is 17. The lowest BCUT2D eigenvalue weighted by Gasteiger charge is -2.08. The van der Waals surface area contributed by atoms with Crippen LogP contribution in [0.1, 0.15) is 39.0 Å². The van der Waals surface area contributed by atoms with Crippen molar-refractivity contribution in [1.82, 2.24) is 0 Å². The summed E-state index contributed by atoms with van der Waals surface area (Å²) in [5.41, 5.74) is 0.0474. The van der Waals surface area contributed by atoms with E-state index in [9.17, 15) is 10.1 Å². The number of benzene rings is 1. The molecule has 0 radical (unpaired) electrons. The highest BCUT2D eigenvalue weighted by Gasteiger charge is 2.04. The molecule has 0 unspecified atom stereocenters. The van der Waals surface area contributed by atoms with E-state index >= 15 is 0 Å². The molecule has 0 N–H and O–H groups in total. The van der Waals surface area contributed by atoms with Gasteiger partial charge in [-0.3, -0.25) is 10.1 Å². The predicted octanol–water partition coefficient (Wildman–Crippen LogP) is 3.99. The number of non-ortho nitro benzene ring substituents is 1. The number of unbranched alkanes of at least 4 members (excludes halogenated alkanes) is 4. The van der Waals surface area contributed by atoms with Crippen molar-refractivity contribution in [1.29, 1.82) is 0 Å². The van der Waals surface area contributed by atoms with Gasteiger partial charge in [0.05, 0.1) is 38.0 Å². The van der Waals surface area contributed by atoms with E-state index in [-0.39, 0.29) is 5.69 Å². The molecule has 1 aromatic carbocycles. The Morgan fingerprint density at radius 3 is 1.88 bits per heavy atom. The van der Waals surface area contributed by atoms with Crippen molar-refractivity contribution in [3.05, 3.63) is 34.4 Å². The molecule has 0 saturated carbocycles. The molecule has 0 fully saturated rings. The summed E-state index contributed by atoms with van der Waals surface area (Å²) in [6, 6.07) is 5.98. The van der Waals surface area contributed by atoms with Crippen molar-refractivity contribution in [2.75, 3.05) is 46.2 Å². The van der Waals surface area contributed by atoms with E-state index in [1.165, 1.54) is 37.8 Å². The van der Waals surface area contributed by atoms with Crippen LogP contribution in [0.15, 0.2) is 24.3 Å². The van der Waals surface area contributed by atoms with Gasteiger partial charge in [0, 0.05) is 18.7 Å². The molecule has 0 aliphatic carbocycles. The van der Waals surface area contributed by atoms with Crippen molar-refractivity contribution >= 4 is 5.69 Å². The third-order valence-electron chi connectivity index (χ3n) is 3.68. The molecule has 7 heteroatoms. The zero-order chi connectivity index (χ0) is 18.9. The van der Waals surface area contributed by atoms with E-state index in [1.54, 1.807) is 12.1 Å². The highest BCUT2D eigenvalue weighted by Crippen LogP contribution is 2.17. The highest BCUT2D eigenvalue weighted by atomic mass is 16.6. The second-order valence-electron chi connectivity index (χ2n) is 5.85. The molecular weight excluding hydrogens is 338 g/mol. The van der Waals surface area contributed by atoms with Crippen LogP contribution in [0.25, 0.3) is 0 Å². The average molecular weight is 369 g/mol. The van der Waals surface area contributed by atoms with Gasteiger partial charge in [0.15, 0.2) is 0 Å². The Morgan fingerprint density at radius 2 is 1.31 bits per heavy atom. The Balaban J connectivity index is 1.83. The second-order valence-corrected chi connectivity index (χ2v) is 5.85. The summed E-state index contributed by atoms with van der Waals surface area (Å²) in [5, 5.41) is 10.5. The summed E-state index contributed by atoms with van der Waals surface area (Å²) in [7, 11) is 0. The SMILES string of the molecule is CCCCCCCOCCOCCOCCOc1ccc([N+](=O)[O-])cc1. The Morgan fingerprint density at radius 1 is 0.769 bits per heavy atom. The third-order valence-corrected chi connectivity index (χ3v) is 3.68. The van der Waals surface area contributed by atoms with Gasteiger partial charge in [-0.1, -0.05) is 32.6 Å². The molecule has 0 amide bonds. The molecule has 26 heavy (non-hydrogen) atoms. The highest BCUT2D eigenvalue weighted by molar-refractivity contribution is 5.35. The van der Waals surface area contributed by atoms with E-state index in [0.29, 0.717) is 45.4 Å². The van der Waals surface area contributed by atoms with Crippen LogP contribution in [0, 0.1) is 10.1 Å². The fourth-order valence-corrected chi connectivity index (χ4v) is 2.23. The lowest BCUT2D eigenvalue weighted by atomic mass is 10.2. The van der Waals surface area contributed by atoms with Crippen molar-refractivity contribution in [2.45, 2.75) is 39.0 Å². The number of nitro benzene ring substituents is 1. The molecule has 7 nitrogen and oxygen atoms in total. The monoisotopic (exact) mass is 369 g/mol. The van der Waals surface area contributed by atoms with E-state index in [2.05, 4.69) is 6.92 Å². The molecule has 0 saturated heterocycles. The van der Waals surface area contributed by atoms with Gasteiger partial charge in [0.25, 0.3) is 5.69 Å². The van der Waals surface area contributed by atoms with Crippen LogP contribution in [-0.4, -0.2) is 51.2 Å². The molecule has 0 aliphatic heterocycles. The number of nitrogens with zero attached hydrogens (tertiary/aromatic N) is 1. The van der Waals surface area contributed by atoms with Crippen LogP contribution in [0.5, 0.6) is 5.75 Å². The Labute approximate surface area is 155 Å². The first-order valence-corrected chi connectivity index (χ1v) is 9.34. The van der Waals surface area contributed by atoms with Gasteiger partial charge < -0.3 is 18.9 Å². The summed E-state index contributed by atoms with van der Waals surface area (Å²) >= 11 is 0. The molecule has 0 heterocycles. The normalized spacial score (nSPS) is 10.8. The topological polar surface area (TPSA) is 80.1 Å². The maximum atomic E-state index is 10.5. The molecular formula is C19H31NO6. The van der Waals surface area contributed by atoms with Crippen LogP contribution in [0.3, 0.4) is 0 Å². The quantitative estimate of drug-likeness (QED) is 0.235. The standard InChI is InChI=1S/C19H31NO6/c1-2-3-4-5-6-11-23-12-13-24-14-15-25-16-17-26-19-9-7-18(8-10-19)20(21)22/h7-10H,2-6,11-17H2,1H3. The fourth-order valence-electron chi connectivity index (χ4n) is 2.23. The van der Waals surface area contributed by atoms with Crippen LogP contribution >= 0.6 is 0 Å². The lowest BCUT2D eigenvalue weighted by Crippen LogP contribution is -2.13. The molecule has 0 atom stereocenters. The van der Waals surface area contributed by atoms with Gasteiger partial charge >= 0.3 is 0 Å². The van der Waals surface area contributed by atoms with Crippen molar-refractivity contribution in [3.8, 4) is 5.75 Å². The summed E-state index contributed by atoms with van der Waals surface area (Å²) in [6.45, 7) is 6.08. The summed E-state index contributed by atoms with van der Waals surface area (Å²) < 4.78 is 21.8. The molecule has 0 aromatic heterocycles. The van der Waals surface area contributed by atoms with Gasteiger partial charge in [-0.25, -0.2) is 0 Å². The molecule has 0 aliphatic rings. The second kappa shape index (κ2) is 15.5. The summed E-state index contributed by atoms with van der Waals surface area (Å²) in [4.78, 5) is 10.1. The molecule has 0 spiro atoms. The van der Waals surface area contributed by atoms with Gasteiger partial charge in [0.1, 0.15) is 12.4 Å². The molecule has 1 rings (SSSR count).